The number of nitrogens with zero attached hydrogens (tertiary/aromatic N) is 1. The van der Waals surface area contributed by atoms with Gasteiger partial charge in [-0.3, -0.25) is 0 Å². The zero-order valence-corrected chi connectivity index (χ0v) is 14.8. The summed E-state index contributed by atoms with van der Waals surface area (Å²) in [5.41, 5.74) is 5.26. The summed E-state index contributed by atoms with van der Waals surface area (Å²) in [7, 11) is 0. The fourth-order valence-electron chi connectivity index (χ4n) is 2.33. The number of amides is 1. The maximum Gasteiger partial charge on any atom is 0.410 e. The number of nitrogens with two attached hydrogens (primary N) is 1. The van der Waals surface area contributed by atoms with Crippen LogP contribution in [0.1, 0.15) is 27.2 Å². The van der Waals surface area contributed by atoms with Crippen LogP contribution >= 0.6 is 12.2 Å². The van der Waals surface area contributed by atoms with Crippen molar-refractivity contribution >= 4 is 29.1 Å². The Hall–Kier alpha value is -2.09. The Morgan fingerprint density at radius 3 is 2.79 bits per heavy atom. The van der Waals surface area contributed by atoms with Crippen LogP contribution in [0, 0.1) is 5.82 Å². The molecule has 3 N–H and O–H groups in total. The number of carbonyl (C=O) groups is 1. The topological polar surface area (TPSA) is 76.8 Å². The lowest BCUT2D eigenvalue weighted by Crippen LogP contribution is -2.36. The van der Waals surface area contributed by atoms with E-state index < -0.39 is 11.4 Å². The number of benzene rings is 1. The summed E-state index contributed by atoms with van der Waals surface area (Å²) in [5.74, 6) is 0.00291. The van der Waals surface area contributed by atoms with E-state index in [2.05, 4.69) is 5.32 Å². The number of carbonyl (C=O) groups excluding carboxylic acids is 1. The van der Waals surface area contributed by atoms with E-state index in [0.29, 0.717) is 30.9 Å². The van der Waals surface area contributed by atoms with Crippen LogP contribution in [0.25, 0.3) is 0 Å². The maximum atomic E-state index is 13.4. The number of likely N-dealkylation sites (tertiary alicyclic amines) is 1. The molecular weight excluding hydrogens is 333 g/mol. The van der Waals surface area contributed by atoms with E-state index in [9.17, 15) is 9.18 Å². The van der Waals surface area contributed by atoms with Gasteiger partial charge in [0.2, 0.25) is 0 Å². The Morgan fingerprint density at radius 2 is 2.17 bits per heavy atom. The second-order valence-corrected chi connectivity index (χ2v) is 7.02. The molecule has 1 unspecified atom stereocenters. The summed E-state index contributed by atoms with van der Waals surface area (Å²) in [6.07, 6.45) is 0.0763. The molecule has 1 aliphatic rings. The van der Waals surface area contributed by atoms with Gasteiger partial charge in [0.1, 0.15) is 23.3 Å². The monoisotopic (exact) mass is 355 g/mol. The van der Waals surface area contributed by atoms with E-state index in [1.807, 2.05) is 20.8 Å². The van der Waals surface area contributed by atoms with Gasteiger partial charge in [-0.25, -0.2) is 9.18 Å². The first-order valence-corrected chi connectivity index (χ1v) is 8.05. The minimum Gasteiger partial charge on any atom is -0.486 e. The van der Waals surface area contributed by atoms with Crippen LogP contribution in [0.3, 0.4) is 0 Å². The molecule has 0 aromatic heterocycles. The average molecular weight is 355 g/mol. The number of nitrogens with one attached hydrogen (secondary N) is 1. The van der Waals surface area contributed by atoms with Gasteiger partial charge >= 0.3 is 6.09 Å². The summed E-state index contributed by atoms with van der Waals surface area (Å²) in [6, 6.07) is 4.06. The second-order valence-electron chi connectivity index (χ2n) is 6.58. The van der Waals surface area contributed by atoms with Gasteiger partial charge < -0.3 is 25.4 Å². The number of ether oxygens (including phenoxy) is 2. The Labute approximate surface area is 146 Å². The van der Waals surface area contributed by atoms with Crippen LogP contribution in [0.5, 0.6) is 5.75 Å². The average Bonchev–Trinajstić information content (AvgIpc) is 2.88. The molecule has 1 heterocycles. The molecule has 0 radical (unpaired) electrons. The molecule has 1 aromatic carbocycles. The van der Waals surface area contributed by atoms with Gasteiger partial charge in [0, 0.05) is 19.0 Å². The van der Waals surface area contributed by atoms with E-state index >= 15 is 0 Å². The van der Waals surface area contributed by atoms with Crippen molar-refractivity contribution < 1.29 is 18.7 Å². The summed E-state index contributed by atoms with van der Waals surface area (Å²) in [6.45, 7) is 6.40. The summed E-state index contributed by atoms with van der Waals surface area (Å²) in [5, 5.41) is 2.71. The minimum absolute atomic E-state index is 0.0206. The van der Waals surface area contributed by atoms with E-state index in [4.69, 9.17) is 27.4 Å². The van der Waals surface area contributed by atoms with Crippen molar-refractivity contribution in [2.24, 2.45) is 5.73 Å². The molecule has 1 saturated heterocycles. The Morgan fingerprint density at radius 1 is 1.46 bits per heavy atom. The van der Waals surface area contributed by atoms with Crippen molar-refractivity contribution in [3.8, 4) is 5.75 Å². The Kier molecular flexibility index (Phi) is 5.48. The highest BCUT2D eigenvalue weighted by atomic mass is 32.1. The molecule has 132 valence electrons. The molecule has 1 atom stereocenters. The molecule has 0 aliphatic carbocycles. The maximum absolute atomic E-state index is 13.4. The third-order valence-corrected chi connectivity index (χ3v) is 3.39. The number of hydrogen-bond acceptors (Lipinski definition) is 4. The van der Waals surface area contributed by atoms with Crippen molar-refractivity contribution in [3.63, 3.8) is 0 Å². The highest BCUT2D eigenvalue weighted by Gasteiger charge is 2.31. The number of rotatable bonds is 3. The van der Waals surface area contributed by atoms with Crippen molar-refractivity contribution in [3.05, 3.63) is 24.0 Å². The van der Waals surface area contributed by atoms with Crippen LogP contribution in [0.4, 0.5) is 14.9 Å². The standard InChI is InChI=1S/C16H22FN3O3S/c1-16(2,3)23-15(21)20-7-6-11(9-20)22-13-5-4-10(17)8-12(13)19-14(18)24/h4-5,8,11H,6-7,9H2,1-3H3,(H3,18,19,24). The second kappa shape index (κ2) is 7.21. The first-order valence-electron chi connectivity index (χ1n) is 7.64. The predicted molar refractivity (Wildman–Crippen MR) is 93.6 cm³/mol. The summed E-state index contributed by atoms with van der Waals surface area (Å²) >= 11 is 4.79. The van der Waals surface area contributed by atoms with Crippen LogP contribution < -0.4 is 15.8 Å². The first-order chi connectivity index (χ1) is 11.1. The zero-order chi connectivity index (χ0) is 17.9. The summed E-state index contributed by atoms with van der Waals surface area (Å²) < 4.78 is 24.6. The zero-order valence-electron chi connectivity index (χ0n) is 14.0. The number of anilines is 1. The molecule has 0 saturated carbocycles. The van der Waals surface area contributed by atoms with Gasteiger partial charge in [0.25, 0.3) is 0 Å². The molecule has 0 bridgehead atoms. The van der Waals surface area contributed by atoms with Crippen LogP contribution in [0.15, 0.2) is 18.2 Å². The molecule has 24 heavy (non-hydrogen) atoms. The first kappa shape index (κ1) is 18.3. The lowest BCUT2D eigenvalue weighted by molar-refractivity contribution is 0.0276. The van der Waals surface area contributed by atoms with E-state index in [1.165, 1.54) is 18.2 Å². The Balaban J connectivity index is 2.00. The molecular formula is C16H22FN3O3S. The molecule has 6 nitrogen and oxygen atoms in total. The third-order valence-electron chi connectivity index (χ3n) is 3.29. The summed E-state index contributed by atoms with van der Waals surface area (Å²) in [4.78, 5) is 13.7. The van der Waals surface area contributed by atoms with Crippen LogP contribution in [0.2, 0.25) is 0 Å². The molecule has 8 heteroatoms. The Bertz CT molecular complexity index is 633. The predicted octanol–water partition coefficient (Wildman–Crippen LogP) is 2.87. The van der Waals surface area contributed by atoms with Gasteiger partial charge in [-0.1, -0.05) is 0 Å². The molecule has 1 amide bonds. The molecule has 2 rings (SSSR count). The highest BCUT2D eigenvalue weighted by molar-refractivity contribution is 7.80. The molecule has 1 fully saturated rings. The molecule has 1 aliphatic heterocycles. The van der Waals surface area contributed by atoms with E-state index in [0.717, 1.165) is 0 Å². The van der Waals surface area contributed by atoms with Gasteiger partial charge in [0.05, 0.1) is 12.2 Å². The quantitative estimate of drug-likeness (QED) is 0.812. The van der Waals surface area contributed by atoms with Gasteiger partial charge in [-0.15, -0.1) is 0 Å². The largest absolute Gasteiger partial charge is 0.486 e. The van der Waals surface area contributed by atoms with Crippen molar-refractivity contribution in [2.75, 3.05) is 18.4 Å². The number of thiocarbonyl (C=S) groups is 1. The smallest absolute Gasteiger partial charge is 0.410 e. The normalized spacial score (nSPS) is 17.5. The lowest BCUT2D eigenvalue weighted by Gasteiger charge is -2.24. The number of halogens is 1. The van der Waals surface area contributed by atoms with Crippen molar-refractivity contribution in [1.82, 2.24) is 4.90 Å². The van der Waals surface area contributed by atoms with Crippen molar-refractivity contribution in [2.45, 2.75) is 38.9 Å². The van der Waals surface area contributed by atoms with E-state index in [1.54, 1.807) is 4.90 Å². The fraction of sp³-hybridized carbons (Fsp3) is 0.500. The molecule has 1 aromatic rings. The third kappa shape index (κ3) is 5.23. The SMILES string of the molecule is CC(C)(C)OC(=O)N1CCC(Oc2ccc(F)cc2NC(N)=S)C1. The van der Waals surface area contributed by atoms with Crippen LogP contribution in [-0.4, -0.2) is 40.9 Å². The minimum atomic E-state index is -0.541. The van der Waals surface area contributed by atoms with Gasteiger partial charge in [-0.2, -0.15) is 0 Å². The number of hydrogen-bond donors (Lipinski definition) is 2. The van der Waals surface area contributed by atoms with Crippen LogP contribution in [-0.2, 0) is 4.74 Å². The van der Waals surface area contributed by atoms with Gasteiger partial charge in [0.15, 0.2) is 5.11 Å². The van der Waals surface area contributed by atoms with E-state index in [-0.39, 0.29) is 17.3 Å². The lowest BCUT2D eigenvalue weighted by atomic mass is 10.2. The fourth-order valence-corrected chi connectivity index (χ4v) is 2.44. The van der Waals surface area contributed by atoms with Gasteiger partial charge in [-0.05, 0) is 45.1 Å². The highest BCUT2D eigenvalue weighted by Crippen LogP contribution is 2.28. The van der Waals surface area contributed by atoms with Crippen molar-refractivity contribution in [1.29, 1.82) is 0 Å². The molecule has 0 spiro atoms.